The molecule has 3 rings (SSSR count). The van der Waals surface area contributed by atoms with Crippen molar-refractivity contribution >= 4 is 35.6 Å². The van der Waals surface area contributed by atoms with Gasteiger partial charge in [-0.2, -0.15) is 5.10 Å². The molecule has 154 valence electrons. The van der Waals surface area contributed by atoms with Gasteiger partial charge in [-0.25, -0.2) is 4.99 Å². The SMILES string of the molecule is CCNC(=NCc1cccc(N(C)C)c1)N1CCOC(c2cnn(C)c2)C1.I. The normalized spacial score (nSPS) is 17.2. The Labute approximate surface area is 184 Å². The highest BCUT2D eigenvalue weighted by Gasteiger charge is 2.25. The molecule has 1 N–H and O–H groups in total. The molecule has 0 amide bonds. The maximum absolute atomic E-state index is 5.96. The summed E-state index contributed by atoms with van der Waals surface area (Å²) in [5, 5.41) is 7.69. The van der Waals surface area contributed by atoms with E-state index in [1.165, 1.54) is 11.3 Å². The van der Waals surface area contributed by atoms with Crippen LogP contribution in [0.2, 0.25) is 0 Å². The zero-order chi connectivity index (χ0) is 19.2. The highest BCUT2D eigenvalue weighted by Crippen LogP contribution is 2.22. The van der Waals surface area contributed by atoms with Crippen LogP contribution in [0.15, 0.2) is 41.7 Å². The summed E-state index contributed by atoms with van der Waals surface area (Å²) in [6.45, 7) is 5.88. The number of nitrogens with one attached hydrogen (secondary N) is 1. The fraction of sp³-hybridized carbons (Fsp3) is 0.500. The minimum absolute atomic E-state index is 0. The number of guanidine groups is 1. The molecular weight excluding hydrogens is 467 g/mol. The average molecular weight is 498 g/mol. The molecule has 1 aliphatic heterocycles. The van der Waals surface area contributed by atoms with Crippen molar-refractivity contribution in [3.63, 3.8) is 0 Å². The van der Waals surface area contributed by atoms with Crippen molar-refractivity contribution in [2.45, 2.75) is 19.6 Å². The van der Waals surface area contributed by atoms with Crippen molar-refractivity contribution in [1.29, 1.82) is 0 Å². The second kappa shape index (κ2) is 10.7. The maximum Gasteiger partial charge on any atom is 0.194 e. The lowest BCUT2D eigenvalue weighted by Crippen LogP contribution is -2.48. The van der Waals surface area contributed by atoms with E-state index in [1.807, 2.05) is 24.1 Å². The Bertz CT molecular complexity index is 776. The number of aryl methyl sites for hydroxylation is 1. The minimum atomic E-state index is 0. The van der Waals surface area contributed by atoms with Gasteiger partial charge in [0.1, 0.15) is 6.10 Å². The molecule has 1 aromatic heterocycles. The van der Waals surface area contributed by atoms with E-state index in [0.717, 1.165) is 31.2 Å². The van der Waals surface area contributed by atoms with Crippen molar-refractivity contribution in [3.05, 3.63) is 47.8 Å². The van der Waals surface area contributed by atoms with Gasteiger partial charge in [0.2, 0.25) is 0 Å². The highest BCUT2D eigenvalue weighted by atomic mass is 127. The number of ether oxygens (including phenoxy) is 1. The van der Waals surface area contributed by atoms with Crippen LogP contribution in [-0.4, -0.2) is 61.0 Å². The third kappa shape index (κ3) is 5.84. The molecule has 0 bridgehead atoms. The number of anilines is 1. The molecule has 0 radical (unpaired) electrons. The van der Waals surface area contributed by atoms with Crippen LogP contribution in [0, 0.1) is 0 Å². The molecule has 1 aliphatic rings. The van der Waals surface area contributed by atoms with E-state index in [9.17, 15) is 0 Å². The topological polar surface area (TPSA) is 57.9 Å². The number of aromatic nitrogens is 2. The first-order chi connectivity index (χ1) is 13.1. The molecule has 0 aliphatic carbocycles. The fourth-order valence-electron chi connectivity index (χ4n) is 3.17. The Kier molecular flexibility index (Phi) is 8.56. The Morgan fingerprint density at radius 1 is 1.39 bits per heavy atom. The number of hydrogen-bond acceptors (Lipinski definition) is 4. The van der Waals surface area contributed by atoms with Crippen LogP contribution in [0.25, 0.3) is 0 Å². The Morgan fingerprint density at radius 3 is 2.89 bits per heavy atom. The van der Waals surface area contributed by atoms with Crippen LogP contribution in [0.1, 0.15) is 24.2 Å². The number of morpholine rings is 1. The summed E-state index contributed by atoms with van der Waals surface area (Å²) in [5.74, 6) is 0.935. The summed E-state index contributed by atoms with van der Waals surface area (Å²) in [5.41, 5.74) is 3.50. The average Bonchev–Trinajstić information content (AvgIpc) is 3.12. The molecule has 1 unspecified atom stereocenters. The molecular formula is C20H31IN6O. The third-order valence-electron chi connectivity index (χ3n) is 4.64. The van der Waals surface area contributed by atoms with Gasteiger partial charge in [0, 0.05) is 51.7 Å². The molecule has 0 spiro atoms. The van der Waals surface area contributed by atoms with E-state index in [1.54, 1.807) is 0 Å². The number of benzene rings is 1. The summed E-state index contributed by atoms with van der Waals surface area (Å²) in [6, 6.07) is 8.50. The van der Waals surface area contributed by atoms with Gasteiger partial charge in [-0.3, -0.25) is 4.68 Å². The lowest BCUT2D eigenvalue weighted by atomic mass is 10.1. The Balaban J connectivity index is 0.00000280. The van der Waals surface area contributed by atoms with Crippen molar-refractivity contribution in [2.24, 2.45) is 12.0 Å². The molecule has 1 saturated heterocycles. The Morgan fingerprint density at radius 2 is 2.21 bits per heavy atom. The monoisotopic (exact) mass is 498 g/mol. The zero-order valence-corrected chi connectivity index (χ0v) is 19.5. The second-order valence-electron chi connectivity index (χ2n) is 6.99. The molecule has 1 fully saturated rings. The number of halogens is 1. The first kappa shape index (κ1) is 22.5. The molecule has 28 heavy (non-hydrogen) atoms. The minimum Gasteiger partial charge on any atom is -0.378 e. The van der Waals surface area contributed by atoms with E-state index >= 15 is 0 Å². The lowest BCUT2D eigenvalue weighted by Gasteiger charge is -2.34. The summed E-state index contributed by atoms with van der Waals surface area (Å²) < 4.78 is 7.77. The number of rotatable bonds is 5. The van der Waals surface area contributed by atoms with Gasteiger partial charge >= 0.3 is 0 Å². The number of aliphatic imine (C=N–C) groups is 1. The highest BCUT2D eigenvalue weighted by molar-refractivity contribution is 14.0. The third-order valence-corrected chi connectivity index (χ3v) is 4.64. The second-order valence-corrected chi connectivity index (χ2v) is 6.99. The van der Waals surface area contributed by atoms with E-state index in [2.05, 4.69) is 65.5 Å². The van der Waals surface area contributed by atoms with Crippen molar-refractivity contribution in [2.75, 3.05) is 45.2 Å². The molecule has 1 atom stereocenters. The smallest absolute Gasteiger partial charge is 0.194 e. The van der Waals surface area contributed by atoms with E-state index in [0.29, 0.717) is 13.2 Å². The summed E-state index contributed by atoms with van der Waals surface area (Å²) in [4.78, 5) is 9.27. The summed E-state index contributed by atoms with van der Waals surface area (Å²) >= 11 is 0. The molecule has 0 saturated carbocycles. The van der Waals surface area contributed by atoms with Crippen molar-refractivity contribution in [3.8, 4) is 0 Å². The quantitative estimate of drug-likeness (QED) is 0.391. The predicted molar refractivity (Wildman–Crippen MR) is 124 cm³/mol. The maximum atomic E-state index is 5.96. The molecule has 7 nitrogen and oxygen atoms in total. The van der Waals surface area contributed by atoms with E-state index < -0.39 is 0 Å². The standard InChI is InChI=1S/C20H30N6O.HI/c1-5-21-20(22-12-16-7-6-8-18(11-16)24(2)3)26-9-10-27-19(15-26)17-13-23-25(4)14-17;/h6-8,11,13-14,19H,5,9-10,12,15H2,1-4H3,(H,21,22);1H. The van der Waals surface area contributed by atoms with Crippen molar-refractivity contribution in [1.82, 2.24) is 20.0 Å². The molecule has 1 aromatic carbocycles. The fourth-order valence-corrected chi connectivity index (χ4v) is 3.17. The van der Waals surface area contributed by atoms with Gasteiger partial charge in [-0.1, -0.05) is 12.1 Å². The first-order valence-corrected chi connectivity index (χ1v) is 9.46. The van der Waals surface area contributed by atoms with Crippen LogP contribution in [0.3, 0.4) is 0 Å². The summed E-state index contributed by atoms with van der Waals surface area (Å²) in [6.07, 6.45) is 3.92. The van der Waals surface area contributed by atoms with Gasteiger partial charge < -0.3 is 19.9 Å². The predicted octanol–water partition coefficient (Wildman–Crippen LogP) is 2.64. The van der Waals surface area contributed by atoms with Crippen LogP contribution in [0.4, 0.5) is 5.69 Å². The first-order valence-electron chi connectivity index (χ1n) is 9.46. The van der Waals surface area contributed by atoms with Gasteiger partial charge in [-0.05, 0) is 24.6 Å². The van der Waals surface area contributed by atoms with Gasteiger partial charge in [0.25, 0.3) is 0 Å². The largest absolute Gasteiger partial charge is 0.378 e. The summed E-state index contributed by atoms with van der Waals surface area (Å²) in [7, 11) is 6.04. The van der Waals surface area contributed by atoms with Crippen molar-refractivity contribution < 1.29 is 4.74 Å². The van der Waals surface area contributed by atoms with Crippen LogP contribution < -0.4 is 10.2 Å². The zero-order valence-electron chi connectivity index (χ0n) is 17.1. The lowest BCUT2D eigenvalue weighted by molar-refractivity contribution is -0.00805. The van der Waals surface area contributed by atoms with Crippen LogP contribution in [-0.2, 0) is 18.3 Å². The van der Waals surface area contributed by atoms with Gasteiger partial charge in [-0.15, -0.1) is 24.0 Å². The van der Waals surface area contributed by atoms with Gasteiger partial charge in [0.05, 0.1) is 25.9 Å². The molecule has 2 aromatic rings. The number of hydrogen-bond donors (Lipinski definition) is 1. The molecule has 8 heteroatoms. The van der Waals surface area contributed by atoms with Gasteiger partial charge in [0.15, 0.2) is 5.96 Å². The Hall–Kier alpha value is -1.81. The molecule has 2 heterocycles. The van der Waals surface area contributed by atoms with Crippen LogP contribution >= 0.6 is 24.0 Å². The van der Waals surface area contributed by atoms with Crippen LogP contribution in [0.5, 0.6) is 0 Å². The number of nitrogens with zero attached hydrogens (tertiary/aromatic N) is 5. The van der Waals surface area contributed by atoms with E-state index in [4.69, 9.17) is 9.73 Å². The van der Waals surface area contributed by atoms with E-state index in [-0.39, 0.29) is 30.1 Å².